The van der Waals surface area contributed by atoms with Crippen molar-refractivity contribution in [3.63, 3.8) is 0 Å². The Morgan fingerprint density at radius 3 is 2.31 bits per heavy atom. The van der Waals surface area contributed by atoms with Gasteiger partial charge < -0.3 is 0 Å². The summed E-state index contributed by atoms with van der Waals surface area (Å²) in [6.07, 6.45) is 4.25. The molecule has 72 valence electrons. The van der Waals surface area contributed by atoms with Crippen molar-refractivity contribution in [2.75, 3.05) is 14.1 Å². The maximum Gasteiger partial charge on any atom is 0.118 e. The van der Waals surface area contributed by atoms with Gasteiger partial charge in [-0.15, -0.1) is 13.2 Å². The van der Waals surface area contributed by atoms with E-state index in [-0.39, 0.29) is 5.92 Å². The Balaban J connectivity index is 4.98. The van der Waals surface area contributed by atoms with Crippen LogP contribution in [0.1, 0.15) is 13.3 Å². The van der Waals surface area contributed by atoms with E-state index in [0.29, 0.717) is 6.42 Å². The smallest absolute Gasteiger partial charge is 0.118 e. The van der Waals surface area contributed by atoms with E-state index in [4.69, 9.17) is 0 Å². The van der Waals surface area contributed by atoms with E-state index in [1.807, 2.05) is 32.0 Å². The van der Waals surface area contributed by atoms with Crippen molar-refractivity contribution >= 4 is 0 Å². The molecule has 0 fully saturated rings. The van der Waals surface area contributed by atoms with Crippen molar-refractivity contribution < 1.29 is 0 Å². The molecule has 0 spiro atoms. The Hall–Kier alpha value is -1.07. The number of hydrogen-bond acceptors (Lipinski definition) is 2. The van der Waals surface area contributed by atoms with Crippen LogP contribution in [0, 0.1) is 17.2 Å². The average molecular weight is 178 g/mol. The average Bonchev–Trinajstić information content (AvgIpc) is 2.12. The number of nitrogens with zero attached hydrogens (tertiary/aromatic N) is 2. The van der Waals surface area contributed by atoms with Crippen LogP contribution in [-0.4, -0.2) is 24.5 Å². The molecule has 0 aromatic rings. The molecule has 0 aromatic carbocycles. The Bertz CT molecular complexity index is 225. The Labute approximate surface area is 81.2 Å². The third-order valence-corrected chi connectivity index (χ3v) is 2.55. The van der Waals surface area contributed by atoms with Crippen molar-refractivity contribution in [1.29, 1.82) is 5.26 Å². The van der Waals surface area contributed by atoms with E-state index in [9.17, 15) is 5.26 Å². The Kier molecular flexibility index (Phi) is 4.44. The summed E-state index contributed by atoms with van der Waals surface area (Å²) in [5.41, 5.74) is -0.497. The minimum Gasteiger partial charge on any atom is -0.291 e. The maximum absolute atomic E-state index is 9.19. The zero-order chi connectivity index (χ0) is 10.5. The second-order valence-corrected chi connectivity index (χ2v) is 3.45. The zero-order valence-corrected chi connectivity index (χ0v) is 8.75. The molecule has 2 atom stereocenters. The molecule has 0 aliphatic carbocycles. The lowest BCUT2D eigenvalue weighted by Gasteiger charge is -2.36. The molecule has 0 saturated heterocycles. The number of hydrogen-bond donors (Lipinski definition) is 0. The summed E-state index contributed by atoms with van der Waals surface area (Å²) >= 11 is 0. The largest absolute Gasteiger partial charge is 0.291 e. The normalized spacial score (nSPS) is 17.2. The first-order valence-corrected chi connectivity index (χ1v) is 4.37. The highest BCUT2D eigenvalue weighted by Crippen LogP contribution is 2.27. The predicted molar refractivity (Wildman–Crippen MR) is 56.2 cm³/mol. The maximum atomic E-state index is 9.19. The van der Waals surface area contributed by atoms with E-state index in [0.717, 1.165) is 0 Å². The van der Waals surface area contributed by atoms with E-state index in [2.05, 4.69) is 19.2 Å². The van der Waals surface area contributed by atoms with Gasteiger partial charge in [0.25, 0.3) is 0 Å². The van der Waals surface area contributed by atoms with Crippen molar-refractivity contribution in [3.8, 4) is 6.07 Å². The summed E-state index contributed by atoms with van der Waals surface area (Å²) < 4.78 is 0. The van der Waals surface area contributed by atoms with Crippen LogP contribution in [0.3, 0.4) is 0 Å². The lowest BCUT2D eigenvalue weighted by molar-refractivity contribution is 0.173. The van der Waals surface area contributed by atoms with Crippen LogP contribution in [0.15, 0.2) is 25.3 Å². The van der Waals surface area contributed by atoms with Gasteiger partial charge in [-0.2, -0.15) is 5.26 Å². The lowest BCUT2D eigenvalue weighted by atomic mass is 9.82. The van der Waals surface area contributed by atoms with Gasteiger partial charge in [0.2, 0.25) is 0 Å². The molecule has 0 amide bonds. The molecule has 0 heterocycles. The van der Waals surface area contributed by atoms with Crippen LogP contribution < -0.4 is 0 Å². The molecule has 0 saturated carbocycles. The molecule has 0 N–H and O–H groups in total. The van der Waals surface area contributed by atoms with Crippen molar-refractivity contribution in [2.45, 2.75) is 18.9 Å². The van der Waals surface area contributed by atoms with Crippen LogP contribution in [0.25, 0.3) is 0 Å². The van der Waals surface area contributed by atoms with E-state index in [1.165, 1.54) is 0 Å². The lowest BCUT2D eigenvalue weighted by Crippen LogP contribution is -2.47. The molecule has 0 aliphatic rings. The van der Waals surface area contributed by atoms with Gasteiger partial charge in [-0.25, -0.2) is 0 Å². The van der Waals surface area contributed by atoms with Gasteiger partial charge in [-0.3, -0.25) is 4.90 Å². The van der Waals surface area contributed by atoms with Gasteiger partial charge in [0.05, 0.1) is 6.07 Å². The second-order valence-electron chi connectivity index (χ2n) is 3.45. The third kappa shape index (κ3) is 2.19. The highest BCUT2D eigenvalue weighted by atomic mass is 15.1. The third-order valence-electron chi connectivity index (χ3n) is 2.55. The second kappa shape index (κ2) is 4.84. The fraction of sp³-hybridized carbons (Fsp3) is 0.545. The quantitative estimate of drug-likeness (QED) is 0.603. The summed E-state index contributed by atoms with van der Waals surface area (Å²) in [4.78, 5) is 1.93. The standard InChI is InChI=1S/C11H18N2/c1-6-8-11(9-12,13(4)5)10(3)7-2/h6-7,10H,1-2,8H2,3-5H3. The molecule has 2 unspecified atom stereocenters. The Morgan fingerprint density at radius 1 is 1.54 bits per heavy atom. The number of rotatable bonds is 5. The summed E-state index contributed by atoms with van der Waals surface area (Å²) in [6.45, 7) is 9.41. The minimum absolute atomic E-state index is 0.130. The summed E-state index contributed by atoms with van der Waals surface area (Å²) in [7, 11) is 3.82. The van der Waals surface area contributed by atoms with E-state index < -0.39 is 5.54 Å². The molecule has 0 rings (SSSR count). The van der Waals surface area contributed by atoms with Crippen molar-refractivity contribution in [2.24, 2.45) is 5.92 Å². The zero-order valence-electron chi connectivity index (χ0n) is 8.75. The van der Waals surface area contributed by atoms with E-state index in [1.54, 1.807) is 6.08 Å². The highest BCUT2D eigenvalue weighted by Gasteiger charge is 2.35. The van der Waals surface area contributed by atoms with Gasteiger partial charge >= 0.3 is 0 Å². The van der Waals surface area contributed by atoms with Gasteiger partial charge in [0.1, 0.15) is 5.54 Å². The Morgan fingerprint density at radius 2 is 2.08 bits per heavy atom. The first-order valence-electron chi connectivity index (χ1n) is 4.37. The van der Waals surface area contributed by atoms with Crippen LogP contribution in [-0.2, 0) is 0 Å². The molecule has 0 aliphatic heterocycles. The van der Waals surface area contributed by atoms with E-state index >= 15 is 0 Å². The van der Waals surface area contributed by atoms with Crippen LogP contribution in [0.5, 0.6) is 0 Å². The molecular formula is C11H18N2. The topological polar surface area (TPSA) is 27.0 Å². The van der Waals surface area contributed by atoms with Crippen LogP contribution in [0.2, 0.25) is 0 Å². The van der Waals surface area contributed by atoms with Gasteiger partial charge in [-0.1, -0.05) is 19.1 Å². The first-order chi connectivity index (χ1) is 6.05. The molecule has 0 radical (unpaired) electrons. The SMILES string of the molecule is C=CCC(C#N)(C(C)C=C)N(C)C. The summed E-state index contributed by atoms with van der Waals surface area (Å²) in [5, 5.41) is 9.19. The first kappa shape index (κ1) is 11.9. The molecule has 2 nitrogen and oxygen atoms in total. The van der Waals surface area contributed by atoms with Crippen LogP contribution in [0.4, 0.5) is 0 Å². The monoisotopic (exact) mass is 178 g/mol. The van der Waals surface area contributed by atoms with Crippen molar-refractivity contribution in [3.05, 3.63) is 25.3 Å². The van der Waals surface area contributed by atoms with Gasteiger partial charge in [0, 0.05) is 5.92 Å². The molecule has 0 aromatic heterocycles. The fourth-order valence-electron chi connectivity index (χ4n) is 1.44. The van der Waals surface area contributed by atoms with Crippen molar-refractivity contribution in [1.82, 2.24) is 4.90 Å². The predicted octanol–water partition coefficient (Wildman–Crippen LogP) is 2.21. The van der Waals surface area contributed by atoms with Gasteiger partial charge in [0.15, 0.2) is 0 Å². The highest BCUT2D eigenvalue weighted by molar-refractivity contribution is 5.16. The molecular weight excluding hydrogens is 160 g/mol. The summed E-state index contributed by atoms with van der Waals surface area (Å²) in [5.74, 6) is 0.130. The number of nitriles is 1. The van der Waals surface area contributed by atoms with Crippen LogP contribution >= 0.6 is 0 Å². The minimum atomic E-state index is -0.497. The fourth-order valence-corrected chi connectivity index (χ4v) is 1.44. The molecule has 13 heavy (non-hydrogen) atoms. The molecule has 0 bridgehead atoms. The summed E-state index contributed by atoms with van der Waals surface area (Å²) in [6, 6.07) is 2.35. The molecule has 2 heteroatoms. The van der Waals surface area contributed by atoms with Gasteiger partial charge in [-0.05, 0) is 20.5 Å².